The molecule has 0 aromatic heterocycles. The van der Waals surface area contributed by atoms with Crippen LogP contribution in [0.4, 0.5) is 0 Å². The highest BCUT2D eigenvalue weighted by Gasteiger charge is 2.38. The van der Waals surface area contributed by atoms with E-state index in [1.807, 2.05) is 0 Å². The molecule has 0 aliphatic carbocycles. The van der Waals surface area contributed by atoms with Crippen LogP contribution in [0.2, 0.25) is 0 Å². The highest BCUT2D eigenvalue weighted by Crippen LogP contribution is 2.33. The summed E-state index contributed by atoms with van der Waals surface area (Å²) in [5, 5.41) is 0. The Morgan fingerprint density at radius 3 is 2.67 bits per heavy atom. The summed E-state index contributed by atoms with van der Waals surface area (Å²) in [6, 6.07) is 0. The second-order valence-corrected chi connectivity index (χ2v) is 5.64. The first-order valence-electron chi connectivity index (χ1n) is 6.72. The van der Waals surface area contributed by atoms with Gasteiger partial charge in [0, 0.05) is 12.3 Å². The molecule has 0 aromatic rings. The van der Waals surface area contributed by atoms with Crippen molar-refractivity contribution in [2.24, 2.45) is 11.8 Å². The molecule has 0 radical (unpaired) electrons. The molecule has 102 valence electrons. The van der Waals surface area contributed by atoms with Crippen LogP contribution in [-0.2, 0) is 14.3 Å². The lowest BCUT2D eigenvalue weighted by molar-refractivity contribution is -0.142. The normalized spacial score (nSPS) is 24.6. The zero-order valence-electron chi connectivity index (χ0n) is 11.9. The van der Waals surface area contributed by atoms with Gasteiger partial charge in [0.05, 0.1) is 6.42 Å². The van der Waals surface area contributed by atoms with Gasteiger partial charge < -0.3 is 4.74 Å². The molecule has 0 spiro atoms. The van der Waals surface area contributed by atoms with E-state index in [2.05, 4.69) is 26.8 Å². The molecule has 1 heterocycles. The molecule has 0 aromatic carbocycles. The maximum atomic E-state index is 11.4. The van der Waals surface area contributed by atoms with Crippen LogP contribution in [-0.4, -0.2) is 17.9 Å². The fraction of sp³-hybridized carbons (Fsp3) is 0.733. The molecule has 0 bridgehead atoms. The quantitative estimate of drug-likeness (QED) is 0.538. The highest BCUT2D eigenvalue weighted by molar-refractivity contribution is 5.78. The van der Waals surface area contributed by atoms with E-state index in [1.165, 1.54) is 5.57 Å². The smallest absolute Gasteiger partial charge is 0.306 e. The monoisotopic (exact) mass is 252 g/mol. The van der Waals surface area contributed by atoms with E-state index in [0.717, 1.165) is 12.8 Å². The number of ether oxygens (including phenoxy) is 1. The van der Waals surface area contributed by atoms with Crippen molar-refractivity contribution in [2.45, 2.75) is 59.5 Å². The van der Waals surface area contributed by atoms with Crippen LogP contribution in [0.25, 0.3) is 0 Å². The van der Waals surface area contributed by atoms with E-state index in [4.69, 9.17) is 4.74 Å². The third-order valence-electron chi connectivity index (χ3n) is 3.56. The molecule has 1 saturated heterocycles. The van der Waals surface area contributed by atoms with Gasteiger partial charge in [-0.3, -0.25) is 9.59 Å². The Morgan fingerprint density at radius 2 is 2.11 bits per heavy atom. The third kappa shape index (κ3) is 4.63. The van der Waals surface area contributed by atoms with Crippen LogP contribution >= 0.6 is 0 Å². The minimum Gasteiger partial charge on any atom is -0.462 e. The lowest BCUT2D eigenvalue weighted by Gasteiger charge is -2.22. The first-order valence-corrected chi connectivity index (χ1v) is 6.72. The Balaban J connectivity index is 2.53. The predicted molar refractivity (Wildman–Crippen MR) is 71.1 cm³/mol. The highest BCUT2D eigenvalue weighted by atomic mass is 16.5. The van der Waals surface area contributed by atoms with Gasteiger partial charge in [0.1, 0.15) is 11.9 Å². The van der Waals surface area contributed by atoms with E-state index in [1.54, 1.807) is 6.92 Å². The summed E-state index contributed by atoms with van der Waals surface area (Å²) < 4.78 is 5.26. The average Bonchev–Trinajstić information content (AvgIpc) is 2.57. The zero-order chi connectivity index (χ0) is 13.7. The van der Waals surface area contributed by atoms with Gasteiger partial charge >= 0.3 is 5.97 Å². The molecule has 1 fully saturated rings. The Hall–Kier alpha value is -1.12. The van der Waals surface area contributed by atoms with Crippen LogP contribution in [0, 0.1) is 11.8 Å². The summed E-state index contributed by atoms with van der Waals surface area (Å²) in [7, 11) is 0. The summed E-state index contributed by atoms with van der Waals surface area (Å²) in [4.78, 5) is 22.6. The molecule has 1 aliphatic rings. The standard InChI is InChI=1S/C15H24O3/c1-10(2)6-5-7-11(3)13-9-15(17)18-14(13)8-12(4)16/h6,11,13-14H,5,7-9H2,1-4H3/t11-,13+,14+/m1/s1. The van der Waals surface area contributed by atoms with Crippen molar-refractivity contribution in [1.29, 1.82) is 0 Å². The van der Waals surface area contributed by atoms with Gasteiger partial charge in [-0.25, -0.2) is 0 Å². The van der Waals surface area contributed by atoms with Gasteiger partial charge in [-0.2, -0.15) is 0 Å². The molecular weight excluding hydrogens is 228 g/mol. The van der Waals surface area contributed by atoms with Crippen LogP contribution in [0.5, 0.6) is 0 Å². The Labute approximate surface area is 110 Å². The average molecular weight is 252 g/mol. The molecular formula is C15H24O3. The maximum Gasteiger partial charge on any atom is 0.306 e. The van der Waals surface area contributed by atoms with Crippen LogP contribution in [0.15, 0.2) is 11.6 Å². The molecule has 3 nitrogen and oxygen atoms in total. The van der Waals surface area contributed by atoms with Crippen molar-refractivity contribution >= 4 is 11.8 Å². The van der Waals surface area contributed by atoms with Crippen LogP contribution in [0.1, 0.15) is 53.4 Å². The van der Waals surface area contributed by atoms with Gasteiger partial charge in [0.15, 0.2) is 0 Å². The van der Waals surface area contributed by atoms with Gasteiger partial charge in [-0.15, -0.1) is 0 Å². The number of esters is 1. The van der Waals surface area contributed by atoms with Crippen LogP contribution < -0.4 is 0 Å². The van der Waals surface area contributed by atoms with E-state index < -0.39 is 0 Å². The molecule has 3 atom stereocenters. The molecule has 18 heavy (non-hydrogen) atoms. The van der Waals surface area contributed by atoms with Crippen molar-refractivity contribution in [2.75, 3.05) is 0 Å². The van der Waals surface area contributed by atoms with Gasteiger partial charge in [-0.1, -0.05) is 18.6 Å². The van der Waals surface area contributed by atoms with E-state index in [-0.39, 0.29) is 23.8 Å². The van der Waals surface area contributed by atoms with Gasteiger partial charge in [0.25, 0.3) is 0 Å². The summed E-state index contributed by atoms with van der Waals surface area (Å²) >= 11 is 0. The van der Waals surface area contributed by atoms with Crippen LogP contribution in [0.3, 0.4) is 0 Å². The first kappa shape index (κ1) is 14.9. The van der Waals surface area contributed by atoms with E-state index >= 15 is 0 Å². The predicted octanol–water partition coefficient (Wildman–Crippen LogP) is 3.28. The lowest BCUT2D eigenvalue weighted by atomic mass is 9.83. The van der Waals surface area contributed by atoms with E-state index in [0.29, 0.717) is 18.8 Å². The first-order chi connectivity index (χ1) is 8.40. The summed E-state index contributed by atoms with van der Waals surface area (Å²) in [5.74, 6) is 0.555. The summed E-state index contributed by atoms with van der Waals surface area (Å²) in [5.41, 5.74) is 1.32. The second kappa shape index (κ2) is 6.72. The van der Waals surface area contributed by atoms with Gasteiger partial charge in [0.2, 0.25) is 0 Å². The lowest BCUT2D eigenvalue weighted by Crippen LogP contribution is -2.24. The summed E-state index contributed by atoms with van der Waals surface area (Å²) in [6.07, 6.45) is 4.92. The molecule has 1 aliphatic heterocycles. The van der Waals surface area contributed by atoms with Crippen molar-refractivity contribution in [3.63, 3.8) is 0 Å². The van der Waals surface area contributed by atoms with Crippen molar-refractivity contribution in [3.05, 3.63) is 11.6 Å². The topological polar surface area (TPSA) is 43.4 Å². The number of hydrogen-bond donors (Lipinski definition) is 0. The Bertz CT molecular complexity index is 340. The fourth-order valence-corrected chi connectivity index (χ4v) is 2.52. The Kier molecular flexibility index (Phi) is 5.57. The molecule has 3 heteroatoms. The number of ketones is 1. The van der Waals surface area contributed by atoms with Gasteiger partial charge in [-0.05, 0) is 39.5 Å². The maximum absolute atomic E-state index is 11.4. The number of carbonyl (C=O) groups excluding carboxylic acids is 2. The molecule has 1 rings (SSSR count). The number of carbonyl (C=O) groups is 2. The SMILES string of the molecule is CC(=O)C[C@@H]1OC(=O)C[C@H]1[C@H](C)CCC=C(C)C. The van der Waals surface area contributed by atoms with Crippen molar-refractivity contribution in [3.8, 4) is 0 Å². The molecule has 0 unspecified atom stereocenters. The Morgan fingerprint density at radius 1 is 1.44 bits per heavy atom. The minimum absolute atomic E-state index is 0.0937. The third-order valence-corrected chi connectivity index (χ3v) is 3.56. The number of allylic oxidation sites excluding steroid dienone is 2. The number of cyclic esters (lactones) is 1. The van der Waals surface area contributed by atoms with Crippen molar-refractivity contribution in [1.82, 2.24) is 0 Å². The van der Waals surface area contributed by atoms with E-state index in [9.17, 15) is 9.59 Å². The largest absolute Gasteiger partial charge is 0.462 e. The second-order valence-electron chi connectivity index (χ2n) is 5.64. The summed E-state index contributed by atoms with van der Waals surface area (Å²) in [6.45, 7) is 7.88. The fourth-order valence-electron chi connectivity index (χ4n) is 2.52. The van der Waals surface area contributed by atoms with Crippen molar-refractivity contribution < 1.29 is 14.3 Å². The minimum atomic E-state index is -0.197. The molecule has 0 N–H and O–H groups in total. The number of rotatable bonds is 6. The number of hydrogen-bond acceptors (Lipinski definition) is 3. The number of Topliss-reactive ketones (excluding diaryl/α,β-unsaturated/α-hetero) is 1. The zero-order valence-corrected chi connectivity index (χ0v) is 11.9. The molecule has 0 amide bonds. The molecule has 0 saturated carbocycles.